The first-order chi connectivity index (χ1) is 24.1. The highest BCUT2D eigenvalue weighted by Crippen LogP contribution is 2.28. The maximum atomic E-state index is 12.9. The Morgan fingerprint density at radius 1 is 0.706 bits per heavy atom. The summed E-state index contributed by atoms with van der Waals surface area (Å²) >= 11 is 0. The molecule has 51 heavy (non-hydrogen) atoms. The molecule has 0 bridgehead atoms. The van der Waals surface area contributed by atoms with Gasteiger partial charge in [0.1, 0.15) is 18.1 Å². The van der Waals surface area contributed by atoms with Crippen LogP contribution < -0.4 is 4.74 Å². The van der Waals surface area contributed by atoms with Crippen LogP contribution in [0.1, 0.15) is 95.1 Å². The lowest BCUT2D eigenvalue weighted by Gasteiger charge is -2.22. The van der Waals surface area contributed by atoms with Crippen molar-refractivity contribution in [3.8, 4) is 11.5 Å². The second-order valence-corrected chi connectivity index (χ2v) is 14.5. The molecule has 2 N–H and O–H groups in total. The first-order valence-corrected chi connectivity index (χ1v) is 17.5. The largest absolute Gasteiger partial charge is 0.508 e. The number of carbonyl (C=O) groups excluding carboxylic acids is 3. The van der Waals surface area contributed by atoms with Crippen molar-refractivity contribution in [2.45, 2.75) is 87.4 Å². The first kappa shape index (κ1) is 41.2. The standard InChI is InChI=1S/C40H54O11/c1-24(2)18-48-37(42)30-12-31(38(43)49-19-25(3)4)15-35(14-30)46-22-28-9-29(11-34(41)10-28)23-47-36-16-32(39(44)50-20-26(5)6)13-33(17-36)40(45)51-21-27(7)8/h9-16,24-27,36-37,41-42H,17-23H2,1-8H3. The highest BCUT2D eigenvalue weighted by molar-refractivity contribution is 5.97. The van der Waals surface area contributed by atoms with E-state index in [4.69, 9.17) is 28.4 Å². The normalized spacial score (nSPS) is 15.1. The van der Waals surface area contributed by atoms with E-state index in [1.54, 1.807) is 30.3 Å². The van der Waals surface area contributed by atoms with E-state index in [-0.39, 0.29) is 80.0 Å². The summed E-state index contributed by atoms with van der Waals surface area (Å²) in [7, 11) is 0. The summed E-state index contributed by atoms with van der Waals surface area (Å²) in [5.74, 6) is -0.733. The van der Waals surface area contributed by atoms with Crippen LogP contribution in [-0.2, 0) is 46.5 Å². The number of benzene rings is 2. The third-order valence-electron chi connectivity index (χ3n) is 7.20. The zero-order chi connectivity index (χ0) is 37.7. The van der Waals surface area contributed by atoms with Gasteiger partial charge >= 0.3 is 17.9 Å². The van der Waals surface area contributed by atoms with Crippen LogP contribution in [0.15, 0.2) is 59.7 Å². The number of phenols is 1. The van der Waals surface area contributed by atoms with E-state index in [0.717, 1.165) is 0 Å². The van der Waals surface area contributed by atoms with Gasteiger partial charge < -0.3 is 38.6 Å². The van der Waals surface area contributed by atoms with Gasteiger partial charge in [0.05, 0.1) is 50.3 Å². The number of esters is 3. The van der Waals surface area contributed by atoms with Gasteiger partial charge in [-0.1, -0.05) is 55.4 Å². The molecule has 0 aromatic heterocycles. The fourth-order valence-corrected chi connectivity index (χ4v) is 4.76. The fourth-order valence-electron chi connectivity index (χ4n) is 4.76. The molecule has 1 aliphatic rings. The zero-order valence-corrected chi connectivity index (χ0v) is 31.1. The average molecular weight is 711 g/mol. The van der Waals surface area contributed by atoms with Crippen molar-refractivity contribution in [1.29, 1.82) is 0 Å². The molecule has 11 heteroatoms. The fraction of sp³-hybridized carbons (Fsp3) is 0.525. The molecule has 0 radical (unpaired) electrons. The Hall–Kier alpha value is -4.19. The topological polar surface area (TPSA) is 147 Å². The van der Waals surface area contributed by atoms with Gasteiger partial charge in [0, 0.05) is 17.6 Å². The number of phenolic OH excluding ortho intramolecular Hbond substituents is 1. The number of hydrogen-bond acceptors (Lipinski definition) is 11. The molecular formula is C40H54O11. The minimum atomic E-state index is -1.28. The SMILES string of the molecule is CC(C)COC(=O)C1=CC(OCc2cc(O)cc(COc3cc(C(=O)OCC(C)C)cc(C(O)OCC(C)C)c3)c2)CC(C(=O)OCC(C)C)=C1. The molecule has 2 atom stereocenters. The lowest BCUT2D eigenvalue weighted by Crippen LogP contribution is -2.24. The minimum Gasteiger partial charge on any atom is -0.508 e. The van der Waals surface area contributed by atoms with E-state index in [0.29, 0.717) is 34.6 Å². The summed E-state index contributed by atoms with van der Waals surface area (Å²) in [6.45, 7) is 16.6. The van der Waals surface area contributed by atoms with Crippen LogP contribution in [0.3, 0.4) is 0 Å². The predicted molar refractivity (Wildman–Crippen MR) is 191 cm³/mol. The Labute approximate surface area is 301 Å². The summed E-state index contributed by atoms with van der Waals surface area (Å²) in [6, 6.07) is 9.52. The lowest BCUT2D eigenvalue weighted by molar-refractivity contribution is -0.140. The van der Waals surface area contributed by atoms with Crippen molar-refractivity contribution in [1.82, 2.24) is 0 Å². The third kappa shape index (κ3) is 14.5. The monoisotopic (exact) mass is 710 g/mol. The quantitative estimate of drug-likeness (QED) is 0.0884. The van der Waals surface area contributed by atoms with Gasteiger partial charge in [-0.25, -0.2) is 14.4 Å². The molecule has 2 aromatic rings. The number of aromatic hydroxyl groups is 1. The molecule has 11 nitrogen and oxygen atoms in total. The number of aliphatic hydroxyl groups excluding tert-OH is 1. The van der Waals surface area contributed by atoms with Crippen LogP contribution in [0.25, 0.3) is 0 Å². The highest BCUT2D eigenvalue weighted by Gasteiger charge is 2.26. The zero-order valence-electron chi connectivity index (χ0n) is 31.1. The van der Waals surface area contributed by atoms with Gasteiger partial charge in [0.25, 0.3) is 0 Å². The lowest BCUT2D eigenvalue weighted by atomic mass is 9.97. The van der Waals surface area contributed by atoms with E-state index in [9.17, 15) is 24.6 Å². The van der Waals surface area contributed by atoms with Crippen molar-refractivity contribution >= 4 is 17.9 Å². The number of carbonyl (C=O) groups is 3. The van der Waals surface area contributed by atoms with Gasteiger partial charge in [-0.15, -0.1) is 0 Å². The van der Waals surface area contributed by atoms with E-state index < -0.39 is 30.3 Å². The summed E-state index contributed by atoms with van der Waals surface area (Å²) in [5, 5.41) is 21.2. The van der Waals surface area contributed by atoms with Gasteiger partial charge in [0.2, 0.25) is 0 Å². The Balaban J connectivity index is 1.76. The molecule has 1 aliphatic carbocycles. The molecule has 2 aromatic carbocycles. The Kier molecular flexibility index (Phi) is 16.2. The van der Waals surface area contributed by atoms with Gasteiger partial charge in [-0.3, -0.25) is 0 Å². The molecule has 3 rings (SSSR count). The summed E-state index contributed by atoms with van der Waals surface area (Å²) in [6.07, 6.45) is 1.40. The van der Waals surface area contributed by atoms with E-state index in [1.165, 1.54) is 18.2 Å². The van der Waals surface area contributed by atoms with Crippen LogP contribution in [0.4, 0.5) is 0 Å². The molecule has 0 saturated carbocycles. The minimum absolute atomic E-state index is 0.0119. The smallest absolute Gasteiger partial charge is 0.338 e. The number of aliphatic hydroxyl groups is 1. The molecule has 280 valence electrons. The van der Waals surface area contributed by atoms with Crippen LogP contribution in [0, 0.1) is 23.7 Å². The second kappa shape index (κ2) is 20.0. The molecule has 0 heterocycles. The van der Waals surface area contributed by atoms with E-state index >= 15 is 0 Å². The van der Waals surface area contributed by atoms with E-state index in [1.807, 2.05) is 55.4 Å². The number of rotatable bonds is 19. The summed E-state index contributed by atoms with van der Waals surface area (Å²) in [4.78, 5) is 38.5. The van der Waals surface area contributed by atoms with Crippen LogP contribution >= 0.6 is 0 Å². The summed E-state index contributed by atoms with van der Waals surface area (Å²) < 4.78 is 34.0. The third-order valence-corrected chi connectivity index (χ3v) is 7.20. The van der Waals surface area contributed by atoms with Crippen molar-refractivity contribution in [3.63, 3.8) is 0 Å². The maximum Gasteiger partial charge on any atom is 0.338 e. The van der Waals surface area contributed by atoms with Crippen molar-refractivity contribution in [2.24, 2.45) is 23.7 Å². The van der Waals surface area contributed by atoms with Crippen LogP contribution in [0.5, 0.6) is 11.5 Å². The van der Waals surface area contributed by atoms with Gasteiger partial charge in [0.15, 0.2) is 6.29 Å². The number of ether oxygens (including phenoxy) is 6. The Morgan fingerprint density at radius 2 is 1.27 bits per heavy atom. The molecule has 0 amide bonds. The van der Waals surface area contributed by atoms with Crippen molar-refractivity contribution < 1.29 is 53.0 Å². The predicted octanol–water partition coefficient (Wildman–Crippen LogP) is 6.99. The second-order valence-electron chi connectivity index (χ2n) is 14.5. The molecule has 0 fully saturated rings. The number of hydrogen-bond donors (Lipinski definition) is 2. The maximum absolute atomic E-state index is 12.9. The Morgan fingerprint density at radius 3 is 1.88 bits per heavy atom. The molecule has 0 aliphatic heterocycles. The van der Waals surface area contributed by atoms with Crippen LogP contribution in [0.2, 0.25) is 0 Å². The molecule has 0 saturated heterocycles. The molecular weight excluding hydrogens is 656 g/mol. The van der Waals surface area contributed by atoms with E-state index in [2.05, 4.69) is 0 Å². The average Bonchev–Trinajstić information content (AvgIpc) is 3.08. The summed E-state index contributed by atoms with van der Waals surface area (Å²) in [5.41, 5.74) is 2.28. The molecule has 2 unspecified atom stereocenters. The van der Waals surface area contributed by atoms with Gasteiger partial charge in [-0.2, -0.15) is 0 Å². The van der Waals surface area contributed by atoms with Gasteiger partial charge in [-0.05, 0) is 83.3 Å². The molecule has 0 spiro atoms. The van der Waals surface area contributed by atoms with Crippen molar-refractivity contribution in [3.05, 3.63) is 82.0 Å². The van der Waals surface area contributed by atoms with Crippen LogP contribution in [-0.4, -0.2) is 60.7 Å². The van der Waals surface area contributed by atoms with Crippen molar-refractivity contribution in [2.75, 3.05) is 26.4 Å². The highest BCUT2D eigenvalue weighted by atomic mass is 16.6. The Bertz CT molecular complexity index is 1540. The first-order valence-electron chi connectivity index (χ1n) is 17.5.